The van der Waals surface area contributed by atoms with Crippen molar-refractivity contribution >= 4 is 35.2 Å². The number of nitrogens with zero attached hydrogens (tertiary/aromatic N) is 3. The van der Waals surface area contributed by atoms with Crippen LogP contribution < -0.4 is 4.90 Å². The molecule has 0 bridgehead atoms. The lowest BCUT2D eigenvalue weighted by molar-refractivity contribution is -0.126. The molecule has 6 nitrogen and oxygen atoms in total. The Balaban J connectivity index is 1.55. The average molecular weight is 401 g/mol. The zero-order valence-electron chi connectivity index (χ0n) is 16.6. The van der Waals surface area contributed by atoms with Crippen molar-refractivity contribution in [3.8, 4) is 0 Å². The summed E-state index contributed by atoms with van der Waals surface area (Å²) in [6.07, 6.45) is 6.31. The quantitative estimate of drug-likeness (QED) is 0.597. The highest BCUT2D eigenvalue weighted by Crippen LogP contribution is 2.21. The van der Waals surface area contributed by atoms with E-state index >= 15 is 0 Å². The van der Waals surface area contributed by atoms with Gasteiger partial charge in [0, 0.05) is 37.9 Å². The molecule has 2 aromatic rings. The Labute approximate surface area is 176 Å². The number of aliphatic hydroxyl groups is 1. The molecule has 152 valence electrons. The van der Waals surface area contributed by atoms with Crippen molar-refractivity contribution in [3.05, 3.63) is 83.2 Å². The number of benzene rings is 2. The SMILES string of the molecule is [C-]#[N+]c1ccc(N2CCN(C(=O)/C=C/c3cccc(/C=C/C(=O)CO)c3)CC2)cc1. The van der Waals surface area contributed by atoms with Crippen LogP contribution in [-0.4, -0.2) is 54.5 Å². The first-order valence-electron chi connectivity index (χ1n) is 9.70. The van der Waals surface area contributed by atoms with Crippen LogP contribution in [-0.2, 0) is 9.59 Å². The van der Waals surface area contributed by atoms with Gasteiger partial charge in [-0.3, -0.25) is 9.59 Å². The van der Waals surface area contributed by atoms with E-state index in [0.717, 1.165) is 29.9 Å². The van der Waals surface area contributed by atoms with E-state index in [4.69, 9.17) is 11.7 Å². The normalized spacial score (nSPS) is 14.3. The third-order valence-corrected chi connectivity index (χ3v) is 4.88. The Morgan fingerprint density at radius 3 is 2.20 bits per heavy atom. The number of hydrogen-bond donors (Lipinski definition) is 1. The number of amides is 1. The molecule has 0 aromatic heterocycles. The van der Waals surface area contributed by atoms with Crippen LogP contribution in [0.25, 0.3) is 17.0 Å². The van der Waals surface area contributed by atoms with Crippen molar-refractivity contribution in [1.82, 2.24) is 4.90 Å². The third-order valence-electron chi connectivity index (χ3n) is 4.88. The summed E-state index contributed by atoms with van der Waals surface area (Å²) in [6.45, 7) is 9.29. The van der Waals surface area contributed by atoms with Crippen LogP contribution in [0.1, 0.15) is 11.1 Å². The molecule has 0 spiro atoms. The molecule has 0 atom stereocenters. The fourth-order valence-corrected chi connectivity index (χ4v) is 3.20. The van der Waals surface area contributed by atoms with Crippen LogP contribution in [0, 0.1) is 6.57 Å². The lowest BCUT2D eigenvalue weighted by Gasteiger charge is -2.35. The van der Waals surface area contributed by atoms with E-state index in [1.165, 1.54) is 6.08 Å². The van der Waals surface area contributed by atoms with Gasteiger partial charge in [-0.05, 0) is 41.5 Å². The van der Waals surface area contributed by atoms with Gasteiger partial charge in [-0.1, -0.05) is 36.4 Å². The van der Waals surface area contributed by atoms with Gasteiger partial charge in [0.15, 0.2) is 11.5 Å². The van der Waals surface area contributed by atoms with E-state index in [1.807, 2.05) is 53.4 Å². The minimum atomic E-state index is -0.510. The molecule has 0 unspecified atom stereocenters. The van der Waals surface area contributed by atoms with E-state index < -0.39 is 6.61 Å². The first-order valence-corrected chi connectivity index (χ1v) is 9.70. The van der Waals surface area contributed by atoms with Crippen LogP contribution in [0.3, 0.4) is 0 Å². The fourth-order valence-electron chi connectivity index (χ4n) is 3.20. The molecule has 30 heavy (non-hydrogen) atoms. The molecule has 0 radical (unpaired) electrons. The predicted molar refractivity (Wildman–Crippen MR) is 118 cm³/mol. The molecular weight excluding hydrogens is 378 g/mol. The van der Waals surface area contributed by atoms with E-state index in [2.05, 4.69) is 9.74 Å². The molecule has 1 heterocycles. The minimum absolute atomic E-state index is 0.0330. The predicted octanol–water partition coefficient (Wildman–Crippen LogP) is 3.17. The first-order chi connectivity index (χ1) is 14.6. The number of piperazine rings is 1. The fraction of sp³-hybridized carbons (Fsp3) is 0.208. The van der Waals surface area contributed by atoms with Crippen LogP contribution in [0.5, 0.6) is 0 Å². The standard InChI is InChI=1S/C24H23N3O3/c1-25-21-7-9-22(10-8-21)26-13-15-27(16-14-26)24(30)12-6-20-4-2-3-19(17-20)5-11-23(29)18-28/h2-12,17,28H,13-16,18H2/b11-5+,12-6+. The summed E-state index contributed by atoms with van der Waals surface area (Å²) >= 11 is 0. The van der Waals surface area contributed by atoms with Crippen molar-refractivity contribution < 1.29 is 14.7 Å². The van der Waals surface area contributed by atoms with Gasteiger partial charge < -0.3 is 14.9 Å². The number of carbonyl (C=O) groups is 2. The molecule has 1 amide bonds. The summed E-state index contributed by atoms with van der Waals surface area (Å²) in [5.74, 6) is -0.387. The maximum atomic E-state index is 12.5. The summed E-state index contributed by atoms with van der Waals surface area (Å²) in [5.41, 5.74) is 3.37. The number of anilines is 1. The highest BCUT2D eigenvalue weighted by molar-refractivity contribution is 5.94. The lowest BCUT2D eigenvalue weighted by atomic mass is 10.1. The Morgan fingerprint density at radius 2 is 1.60 bits per heavy atom. The highest BCUT2D eigenvalue weighted by Gasteiger charge is 2.19. The second-order valence-corrected chi connectivity index (χ2v) is 6.90. The molecular formula is C24H23N3O3. The van der Waals surface area contributed by atoms with Crippen LogP contribution >= 0.6 is 0 Å². The van der Waals surface area contributed by atoms with Crippen molar-refractivity contribution in [1.29, 1.82) is 0 Å². The van der Waals surface area contributed by atoms with Crippen LogP contribution in [0.2, 0.25) is 0 Å². The van der Waals surface area contributed by atoms with Gasteiger partial charge >= 0.3 is 0 Å². The zero-order chi connectivity index (χ0) is 21.3. The molecule has 0 aliphatic carbocycles. The summed E-state index contributed by atoms with van der Waals surface area (Å²) in [5, 5.41) is 8.77. The average Bonchev–Trinajstić information content (AvgIpc) is 2.81. The van der Waals surface area contributed by atoms with Gasteiger partial charge in [-0.2, -0.15) is 0 Å². The van der Waals surface area contributed by atoms with Crippen molar-refractivity contribution in [2.75, 3.05) is 37.7 Å². The van der Waals surface area contributed by atoms with Crippen LogP contribution in [0.4, 0.5) is 11.4 Å². The molecule has 1 aliphatic rings. The first kappa shape index (κ1) is 21.0. The topological polar surface area (TPSA) is 65.2 Å². The van der Waals surface area contributed by atoms with Gasteiger partial charge in [-0.25, -0.2) is 4.85 Å². The number of hydrogen-bond acceptors (Lipinski definition) is 4. The minimum Gasteiger partial charge on any atom is -0.388 e. The van der Waals surface area contributed by atoms with Gasteiger partial charge in [0.05, 0.1) is 6.57 Å². The third kappa shape index (κ3) is 5.66. The Bertz CT molecular complexity index is 995. The molecule has 1 N–H and O–H groups in total. The summed E-state index contributed by atoms with van der Waals surface area (Å²) < 4.78 is 0. The number of carbonyl (C=O) groups excluding carboxylic acids is 2. The monoisotopic (exact) mass is 401 g/mol. The zero-order valence-corrected chi connectivity index (χ0v) is 16.6. The van der Waals surface area contributed by atoms with Gasteiger partial charge in [0.2, 0.25) is 5.91 Å². The number of aliphatic hydroxyl groups excluding tert-OH is 1. The van der Waals surface area contributed by atoms with E-state index in [0.29, 0.717) is 18.8 Å². The molecule has 0 saturated carbocycles. The Morgan fingerprint density at radius 1 is 0.967 bits per heavy atom. The second kappa shape index (κ2) is 10.2. The lowest BCUT2D eigenvalue weighted by Crippen LogP contribution is -2.48. The van der Waals surface area contributed by atoms with Crippen molar-refractivity contribution in [2.24, 2.45) is 0 Å². The number of rotatable bonds is 6. The van der Waals surface area contributed by atoms with E-state index in [-0.39, 0.29) is 11.7 Å². The molecule has 1 saturated heterocycles. The smallest absolute Gasteiger partial charge is 0.246 e. The van der Waals surface area contributed by atoms with Gasteiger partial charge in [0.25, 0.3) is 0 Å². The van der Waals surface area contributed by atoms with E-state index in [1.54, 1.807) is 18.2 Å². The number of ketones is 1. The Hall–Kier alpha value is -3.69. The van der Waals surface area contributed by atoms with Crippen molar-refractivity contribution in [3.63, 3.8) is 0 Å². The van der Waals surface area contributed by atoms with E-state index in [9.17, 15) is 9.59 Å². The maximum absolute atomic E-state index is 12.5. The second-order valence-electron chi connectivity index (χ2n) is 6.90. The van der Waals surface area contributed by atoms with Gasteiger partial charge in [-0.15, -0.1) is 0 Å². The van der Waals surface area contributed by atoms with Crippen LogP contribution in [0.15, 0.2) is 60.7 Å². The molecule has 1 fully saturated rings. The summed E-state index contributed by atoms with van der Waals surface area (Å²) in [6, 6.07) is 15.0. The van der Waals surface area contributed by atoms with Gasteiger partial charge in [0.1, 0.15) is 6.61 Å². The summed E-state index contributed by atoms with van der Waals surface area (Å²) in [7, 11) is 0. The highest BCUT2D eigenvalue weighted by atomic mass is 16.3. The molecule has 3 rings (SSSR count). The Kier molecular flexibility index (Phi) is 7.14. The molecule has 6 heteroatoms. The van der Waals surface area contributed by atoms with Crippen molar-refractivity contribution in [2.45, 2.75) is 0 Å². The molecule has 2 aromatic carbocycles. The maximum Gasteiger partial charge on any atom is 0.246 e. The molecule has 1 aliphatic heterocycles. The largest absolute Gasteiger partial charge is 0.388 e. The summed E-state index contributed by atoms with van der Waals surface area (Å²) in [4.78, 5) is 31.2.